The van der Waals surface area contributed by atoms with Crippen molar-refractivity contribution in [3.8, 4) is 34.5 Å². The molecule has 0 N–H and O–H groups in total. The molecule has 0 amide bonds. The average Bonchev–Trinajstić information content (AvgIpc) is 2.98. The van der Waals surface area contributed by atoms with Crippen LogP contribution < -0.4 is 30.6 Å². The summed E-state index contributed by atoms with van der Waals surface area (Å²) in [6.07, 6.45) is 7.70. The van der Waals surface area contributed by atoms with Crippen LogP contribution in [0.2, 0.25) is 0 Å². The Morgan fingerprint density at radius 2 is 0.429 bits per heavy atom. The predicted molar refractivity (Wildman–Crippen MR) is 151 cm³/mol. The number of fused-ring (bicyclic) bond motifs is 2. The van der Waals surface area contributed by atoms with Gasteiger partial charge in [0, 0.05) is 37.3 Å². The lowest BCUT2D eigenvalue weighted by Crippen LogP contribution is -2.07. The fraction of sp³-hybridized carbons (Fsp3) is 0.200. The highest BCUT2D eigenvalue weighted by molar-refractivity contribution is 5.92. The first-order valence-electron chi connectivity index (χ1n) is 12.9. The van der Waals surface area contributed by atoms with Gasteiger partial charge in [-0.2, -0.15) is 0 Å². The zero-order valence-corrected chi connectivity index (χ0v) is 22.3. The fourth-order valence-electron chi connectivity index (χ4n) is 3.71. The molecule has 0 saturated carbocycles. The molecule has 4 aliphatic rings. The van der Waals surface area contributed by atoms with Crippen molar-refractivity contribution in [1.29, 1.82) is 0 Å². The number of aliphatic imine (C=N–C) groups is 6. The molecule has 216 valence electrons. The van der Waals surface area contributed by atoms with E-state index in [-0.39, 0.29) is 72.6 Å². The largest absolute Gasteiger partial charge is 0.872 e. The molecule has 0 spiro atoms. The van der Waals surface area contributed by atoms with Crippen molar-refractivity contribution in [2.45, 2.75) is 0 Å². The van der Waals surface area contributed by atoms with Crippen LogP contribution in [0.15, 0.2) is 66.4 Å². The maximum Gasteiger partial charge on any atom is 0.0585 e. The molecule has 3 aromatic carbocycles. The van der Waals surface area contributed by atoms with E-state index in [1.165, 1.54) is 73.7 Å². The van der Waals surface area contributed by atoms with Crippen LogP contribution in [-0.2, 0) is 0 Å². The van der Waals surface area contributed by atoms with Crippen LogP contribution in [0.5, 0.6) is 34.5 Å². The number of nitrogens with zero attached hydrogens (tertiary/aromatic N) is 6. The molecule has 3 aromatic rings. The van der Waals surface area contributed by atoms with E-state index in [1.807, 2.05) is 0 Å². The Morgan fingerprint density at radius 3 is 0.571 bits per heavy atom. The van der Waals surface area contributed by atoms with Crippen molar-refractivity contribution in [3.63, 3.8) is 0 Å². The van der Waals surface area contributed by atoms with Crippen molar-refractivity contribution in [2.24, 2.45) is 30.0 Å². The van der Waals surface area contributed by atoms with E-state index in [1.54, 1.807) is 0 Å². The van der Waals surface area contributed by atoms with E-state index in [2.05, 4.69) is 30.0 Å². The molecule has 0 radical (unpaired) electrons. The summed E-state index contributed by atoms with van der Waals surface area (Å²) >= 11 is 0. The van der Waals surface area contributed by atoms with Crippen molar-refractivity contribution >= 4 is 37.3 Å². The quantitative estimate of drug-likeness (QED) is 0.335. The van der Waals surface area contributed by atoms with Crippen LogP contribution in [0.25, 0.3) is 0 Å². The third-order valence-corrected chi connectivity index (χ3v) is 5.98. The number of rotatable bonds is 0. The fourth-order valence-corrected chi connectivity index (χ4v) is 3.71. The highest BCUT2D eigenvalue weighted by Gasteiger charge is 1.99. The molecule has 7 rings (SSSR count). The molecule has 0 aliphatic carbocycles. The molecule has 42 heavy (non-hydrogen) atoms. The number of hydrogen-bond donors (Lipinski definition) is 0. The van der Waals surface area contributed by atoms with Gasteiger partial charge >= 0.3 is 0 Å². The van der Waals surface area contributed by atoms with Crippen LogP contribution in [0, 0.1) is 0 Å². The monoisotopic (exact) mass is 564 g/mol. The first-order chi connectivity index (χ1) is 20.4. The predicted octanol–water partition coefficient (Wildman–Crippen LogP) is -0.944. The molecule has 4 heterocycles. The van der Waals surface area contributed by atoms with Gasteiger partial charge in [0.1, 0.15) is 0 Å². The zero-order valence-electron chi connectivity index (χ0n) is 22.3. The van der Waals surface area contributed by atoms with E-state index in [0.29, 0.717) is 0 Å². The lowest BCUT2D eigenvalue weighted by molar-refractivity contribution is -0.317. The second kappa shape index (κ2) is 14.2. The van der Waals surface area contributed by atoms with Gasteiger partial charge in [-0.15, -0.1) is 34.5 Å². The van der Waals surface area contributed by atoms with E-state index in [0.717, 1.165) is 0 Å². The van der Waals surface area contributed by atoms with Gasteiger partial charge in [-0.25, -0.2) is 0 Å². The van der Waals surface area contributed by atoms with E-state index >= 15 is 0 Å². The Morgan fingerprint density at radius 1 is 0.286 bits per heavy atom. The van der Waals surface area contributed by atoms with Crippen molar-refractivity contribution in [2.75, 3.05) is 39.3 Å². The SMILES string of the molecule is [O-]c1c2ccc(c1[O-])C=NCCN=Cc1ccc(c([O-])c1[O-])C=NCCN=Cc1ccc(c([O-])c1[O-])C=NCCN=C2. The summed E-state index contributed by atoms with van der Waals surface area (Å²) in [7, 11) is 0. The molecular weight excluding hydrogens is 540 g/mol. The molecule has 0 aromatic heterocycles. The van der Waals surface area contributed by atoms with E-state index in [9.17, 15) is 30.6 Å². The van der Waals surface area contributed by atoms with Crippen molar-refractivity contribution in [3.05, 3.63) is 69.8 Å². The number of hydrogen-bond acceptors (Lipinski definition) is 12. The standard InChI is InChI=1S/C30H30N6O6/c37-25-19-1-2-20(26(25)38)14-32-9-10-34-16-22-5-6-24(30(42)28(22)40)18-36-12-11-35-17-23-4-3-21(27(39)29(23)41)15-33-8-7-31-13-19/h1-6,13-18,37-42H,7-12H2/p-6. The second-order valence-corrected chi connectivity index (χ2v) is 8.92. The molecule has 12 nitrogen and oxygen atoms in total. The van der Waals surface area contributed by atoms with Gasteiger partial charge in [0.2, 0.25) is 0 Å². The minimum atomic E-state index is -0.726. The number of benzene rings is 3. The van der Waals surface area contributed by atoms with Gasteiger partial charge < -0.3 is 30.6 Å². The topological polar surface area (TPSA) is 213 Å². The molecule has 0 saturated heterocycles. The second-order valence-electron chi connectivity index (χ2n) is 8.92. The summed E-state index contributed by atoms with van der Waals surface area (Å²) in [5.74, 6) is -4.35. The summed E-state index contributed by atoms with van der Waals surface area (Å²) in [5, 5.41) is 74.4. The van der Waals surface area contributed by atoms with Crippen LogP contribution in [0.3, 0.4) is 0 Å². The summed E-state index contributed by atoms with van der Waals surface area (Å²) < 4.78 is 0. The molecule has 0 unspecified atom stereocenters. The summed E-state index contributed by atoms with van der Waals surface area (Å²) in [6.45, 7) is 1.13. The highest BCUT2D eigenvalue weighted by atomic mass is 16.3. The van der Waals surface area contributed by atoms with Gasteiger partial charge in [0.15, 0.2) is 0 Å². The summed E-state index contributed by atoms with van der Waals surface area (Å²) in [6, 6.07) is 8.77. The Kier molecular flexibility index (Phi) is 9.97. The van der Waals surface area contributed by atoms with Gasteiger partial charge in [0.05, 0.1) is 39.3 Å². The van der Waals surface area contributed by atoms with Crippen molar-refractivity contribution < 1.29 is 30.6 Å². The molecule has 0 fully saturated rings. The highest BCUT2D eigenvalue weighted by Crippen LogP contribution is 2.27. The molecule has 4 aliphatic heterocycles. The van der Waals surface area contributed by atoms with Crippen LogP contribution in [0.4, 0.5) is 0 Å². The zero-order chi connectivity index (χ0) is 29.9. The Labute approximate surface area is 241 Å². The first kappa shape index (κ1) is 29.5. The van der Waals surface area contributed by atoms with Crippen molar-refractivity contribution in [1.82, 2.24) is 0 Å². The summed E-state index contributed by atoms with van der Waals surface area (Å²) in [5.41, 5.74) is 0.689. The van der Waals surface area contributed by atoms with E-state index in [4.69, 9.17) is 0 Å². The van der Waals surface area contributed by atoms with Gasteiger partial charge in [-0.05, 0) is 33.4 Å². The van der Waals surface area contributed by atoms with Gasteiger partial charge in [-0.3, -0.25) is 30.0 Å². The average molecular weight is 565 g/mol. The third-order valence-electron chi connectivity index (χ3n) is 5.98. The lowest BCUT2D eigenvalue weighted by Gasteiger charge is -2.23. The summed E-state index contributed by atoms with van der Waals surface area (Å²) in [4.78, 5) is 24.6. The Balaban J connectivity index is 1.56. The maximum atomic E-state index is 12.4. The first-order valence-corrected chi connectivity index (χ1v) is 12.9. The minimum absolute atomic E-state index is 0.115. The van der Waals surface area contributed by atoms with Crippen LogP contribution in [-0.4, -0.2) is 76.6 Å². The molecule has 12 heteroatoms. The van der Waals surface area contributed by atoms with Gasteiger partial charge in [-0.1, -0.05) is 36.4 Å². The minimum Gasteiger partial charge on any atom is -0.872 e. The third kappa shape index (κ3) is 7.36. The normalized spacial score (nSPS) is 14.6. The molecular formula is C30H24N6O6-6. The molecule has 6 bridgehead atoms. The lowest BCUT2D eigenvalue weighted by atomic mass is 10.1. The van der Waals surface area contributed by atoms with E-state index < -0.39 is 34.5 Å². The van der Waals surface area contributed by atoms with Gasteiger partial charge in [0.25, 0.3) is 0 Å². The smallest absolute Gasteiger partial charge is 0.0585 e. The van der Waals surface area contributed by atoms with Crippen LogP contribution >= 0.6 is 0 Å². The Bertz CT molecular complexity index is 1300. The van der Waals surface area contributed by atoms with Crippen LogP contribution in [0.1, 0.15) is 33.4 Å². The Hall–Kier alpha value is -5.52. The molecule has 0 atom stereocenters. The maximum absolute atomic E-state index is 12.4.